The molecule has 8 nitrogen and oxygen atoms in total. The zero-order valence-corrected chi connectivity index (χ0v) is 17.2. The number of rotatable bonds is 9. The summed E-state index contributed by atoms with van der Waals surface area (Å²) in [6, 6.07) is 4.41. The van der Waals surface area contributed by atoms with Gasteiger partial charge in [-0.25, -0.2) is 4.79 Å². The molecule has 28 heavy (non-hydrogen) atoms. The van der Waals surface area contributed by atoms with E-state index in [4.69, 9.17) is 18.9 Å². The van der Waals surface area contributed by atoms with Crippen LogP contribution in [0.2, 0.25) is 0 Å². The monoisotopic (exact) mass is 392 g/mol. The molecule has 1 aliphatic rings. The third-order valence-electron chi connectivity index (χ3n) is 4.93. The van der Waals surface area contributed by atoms with Gasteiger partial charge in [0.2, 0.25) is 0 Å². The van der Waals surface area contributed by atoms with Crippen LogP contribution >= 0.6 is 0 Å². The van der Waals surface area contributed by atoms with Gasteiger partial charge in [0, 0.05) is 19.2 Å². The van der Waals surface area contributed by atoms with E-state index in [2.05, 4.69) is 5.32 Å². The van der Waals surface area contributed by atoms with E-state index >= 15 is 0 Å². The number of esters is 1. The average molecular weight is 392 g/mol. The first-order chi connectivity index (χ1) is 13.4. The third-order valence-corrected chi connectivity index (χ3v) is 4.93. The van der Waals surface area contributed by atoms with Crippen LogP contribution in [0.4, 0.5) is 0 Å². The largest absolute Gasteiger partial charge is 0.493 e. The van der Waals surface area contributed by atoms with Crippen LogP contribution < -0.4 is 14.8 Å². The van der Waals surface area contributed by atoms with E-state index in [0.29, 0.717) is 35.8 Å². The van der Waals surface area contributed by atoms with Crippen LogP contribution in [0.25, 0.3) is 0 Å². The molecule has 0 fully saturated rings. The van der Waals surface area contributed by atoms with Gasteiger partial charge in [-0.3, -0.25) is 10.1 Å². The number of methoxy groups -OCH3 is 4. The quantitative estimate of drug-likeness (QED) is 0.640. The normalized spacial score (nSPS) is 17.7. The average Bonchev–Trinajstić information content (AvgIpc) is 2.92. The van der Waals surface area contributed by atoms with Gasteiger partial charge in [0.15, 0.2) is 11.5 Å². The highest BCUT2D eigenvalue weighted by molar-refractivity contribution is 5.97. The van der Waals surface area contributed by atoms with Gasteiger partial charge in [-0.15, -0.1) is 0 Å². The zero-order chi connectivity index (χ0) is 20.8. The number of carbonyl (C=O) groups excluding carboxylic acids is 2. The topological polar surface area (TPSA) is 86.3 Å². The summed E-state index contributed by atoms with van der Waals surface area (Å²) in [5.41, 5.74) is 2.15. The number of hydrogen-bond donors (Lipinski definition) is 1. The molecule has 0 saturated heterocycles. The molecule has 2 atom stereocenters. The van der Waals surface area contributed by atoms with Crippen LogP contribution in [0.3, 0.4) is 0 Å². The fourth-order valence-corrected chi connectivity index (χ4v) is 3.18. The first kappa shape index (κ1) is 21.7. The second-order valence-electron chi connectivity index (χ2n) is 6.44. The van der Waals surface area contributed by atoms with Crippen LogP contribution in [0.5, 0.6) is 11.5 Å². The first-order valence-corrected chi connectivity index (χ1v) is 8.92. The summed E-state index contributed by atoms with van der Waals surface area (Å²) in [4.78, 5) is 26.8. The van der Waals surface area contributed by atoms with E-state index in [0.717, 1.165) is 5.57 Å². The molecule has 1 aromatic rings. The number of benzene rings is 1. The van der Waals surface area contributed by atoms with Crippen molar-refractivity contribution in [2.45, 2.75) is 26.1 Å². The molecule has 0 aromatic heterocycles. The van der Waals surface area contributed by atoms with Gasteiger partial charge in [-0.05, 0) is 37.1 Å². The van der Waals surface area contributed by atoms with Gasteiger partial charge in [0.05, 0.1) is 27.9 Å². The van der Waals surface area contributed by atoms with Crippen LogP contribution in [-0.2, 0) is 19.1 Å². The molecule has 0 radical (unpaired) electrons. The summed E-state index contributed by atoms with van der Waals surface area (Å²) in [6.07, 6.45) is -0.445. The smallest absolute Gasteiger partial charge is 0.327 e. The number of nitrogens with one attached hydrogen (secondary N) is 1. The van der Waals surface area contributed by atoms with Gasteiger partial charge in [0.1, 0.15) is 12.2 Å². The van der Waals surface area contributed by atoms with E-state index in [9.17, 15) is 9.59 Å². The maximum Gasteiger partial charge on any atom is 0.327 e. The Hall–Kier alpha value is -2.58. The van der Waals surface area contributed by atoms with Crippen molar-refractivity contribution < 1.29 is 28.5 Å². The van der Waals surface area contributed by atoms with Crippen molar-refractivity contribution in [2.75, 3.05) is 41.6 Å². The molecule has 0 spiro atoms. The highest BCUT2D eigenvalue weighted by atomic mass is 16.5. The molecule has 1 N–H and O–H groups in total. The Morgan fingerprint density at radius 3 is 2.39 bits per heavy atom. The van der Waals surface area contributed by atoms with Crippen molar-refractivity contribution in [3.05, 3.63) is 34.9 Å². The molecule has 1 aromatic carbocycles. The maximum absolute atomic E-state index is 12.6. The molecule has 8 heteroatoms. The summed E-state index contributed by atoms with van der Waals surface area (Å²) in [5.74, 6) is 0.504. The van der Waals surface area contributed by atoms with Crippen molar-refractivity contribution in [3.8, 4) is 11.5 Å². The highest BCUT2D eigenvalue weighted by Crippen LogP contribution is 2.32. The number of amides is 1. The Kier molecular flexibility index (Phi) is 7.42. The van der Waals surface area contributed by atoms with Crippen LogP contribution in [0.1, 0.15) is 25.5 Å². The molecular formula is C20H28N2O6. The molecule has 2 rings (SSSR count). The summed E-state index contributed by atoms with van der Waals surface area (Å²) in [7, 11) is 5.98. The van der Waals surface area contributed by atoms with Gasteiger partial charge in [0.25, 0.3) is 5.91 Å². The summed E-state index contributed by atoms with van der Waals surface area (Å²) >= 11 is 0. The Morgan fingerprint density at radius 2 is 1.82 bits per heavy atom. The van der Waals surface area contributed by atoms with Crippen molar-refractivity contribution in [1.82, 2.24) is 10.2 Å². The minimum absolute atomic E-state index is 0.0806. The van der Waals surface area contributed by atoms with Gasteiger partial charge < -0.3 is 23.8 Å². The van der Waals surface area contributed by atoms with E-state index in [1.54, 1.807) is 44.2 Å². The SMILES string of the molecule is COCCN1C(=O)C(C)=C(C)[C@H]1N[C@H](C(=O)OC)c1ccc(OC)c(OC)c1. The lowest BCUT2D eigenvalue weighted by atomic mass is 10.0. The van der Waals surface area contributed by atoms with Gasteiger partial charge in [-0.2, -0.15) is 0 Å². The number of nitrogens with zero attached hydrogens (tertiary/aromatic N) is 1. The Bertz CT molecular complexity index is 761. The van der Waals surface area contributed by atoms with Crippen molar-refractivity contribution in [3.63, 3.8) is 0 Å². The maximum atomic E-state index is 12.6. The van der Waals surface area contributed by atoms with E-state index in [1.807, 2.05) is 6.92 Å². The van der Waals surface area contributed by atoms with Gasteiger partial charge in [-0.1, -0.05) is 6.07 Å². The molecule has 1 aliphatic heterocycles. The highest BCUT2D eigenvalue weighted by Gasteiger charge is 2.37. The Balaban J connectivity index is 2.38. The Morgan fingerprint density at radius 1 is 1.14 bits per heavy atom. The lowest BCUT2D eigenvalue weighted by molar-refractivity contribution is -0.144. The predicted octanol–water partition coefficient (Wildman–Crippen LogP) is 1.66. The standard InChI is InChI=1S/C20H28N2O6/c1-12-13(2)19(23)22(9-10-25-3)18(12)21-17(20(24)28-6)14-7-8-15(26-4)16(11-14)27-5/h7-8,11,17-18,21H,9-10H2,1-6H3/t17-,18-/m0/s1. The van der Waals surface area contributed by atoms with E-state index in [-0.39, 0.29) is 5.91 Å². The molecule has 0 saturated carbocycles. The molecule has 154 valence electrons. The lowest BCUT2D eigenvalue weighted by Gasteiger charge is -2.30. The van der Waals surface area contributed by atoms with E-state index < -0.39 is 18.2 Å². The number of ether oxygens (including phenoxy) is 4. The molecule has 0 unspecified atom stereocenters. The molecule has 0 bridgehead atoms. The van der Waals surface area contributed by atoms with Crippen molar-refractivity contribution in [1.29, 1.82) is 0 Å². The van der Waals surface area contributed by atoms with Gasteiger partial charge >= 0.3 is 5.97 Å². The van der Waals surface area contributed by atoms with Crippen LogP contribution in [0.15, 0.2) is 29.3 Å². The van der Waals surface area contributed by atoms with Crippen molar-refractivity contribution in [2.24, 2.45) is 0 Å². The third kappa shape index (κ3) is 4.28. The number of hydrogen-bond acceptors (Lipinski definition) is 7. The molecule has 1 amide bonds. The minimum Gasteiger partial charge on any atom is -0.493 e. The minimum atomic E-state index is -0.798. The first-order valence-electron chi connectivity index (χ1n) is 8.92. The summed E-state index contributed by atoms with van der Waals surface area (Å²) in [5, 5.41) is 3.26. The summed E-state index contributed by atoms with van der Waals surface area (Å²) in [6.45, 7) is 4.45. The van der Waals surface area contributed by atoms with E-state index in [1.165, 1.54) is 14.2 Å². The van der Waals surface area contributed by atoms with Crippen LogP contribution in [0, 0.1) is 0 Å². The second kappa shape index (κ2) is 9.57. The summed E-state index contributed by atoms with van der Waals surface area (Å²) < 4.78 is 20.7. The molecular weight excluding hydrogens is 364 g/mol. The number of carbonyl (C=O) groups is 2. The van der Waals surface area contributed by atoms with Crippen LogP contribution in [-0.4, -0.2) is 64.5 Å². The second-order valence-corrected chi connectivity index (χ2v) is 6.44. The molecule has 1 heterocycles. The molecule has 0 aliphatic carbocycles. The lowest BCUT2D eigenvalue weighted by Crippen LogP contribution is -2.49. The Labute approximate surface area is 165 Å². The zero-order valence-electron chi connectivity index (χ0n) is 17.2. The fraction of sp³-hybridized carbons (Fsp3) is 0.500. The predicted molar refractivity (Wildman–Crippen MR) is 103 cm³/mol. The van der Waals surface area contributed by atoms with Crippen molar-refractivity contribution >= 4 is 11.9 Å². The fourth-order valence-electron chi connectivity index (χ4n) is 3.18.